The van der Waals surface area contributed by atoms with Gasteiger partial charge in [0.05, 0.1) is 22.4 Å². The number of hydrogen-bond donors (Lipinski definition) is 3. The number of rotatable bonds is 20. The summed E-state index contributed by atoms with van der Waals surface area (Å²) in [5.41, 5.74) is 10.9. The van der Waals surface area contributed by atoms with Crippen LogP contribution in [0.5, 0.6) is 5.75 Å². The average molecular weight is 1130 g/mol. The number of phenols is 1. The van der Waals surface area contributed by atoms with Crippen LogP contribution in [0.1, 0.15) is 52.7 Å². The first-order chi connectivity index (χ1) is 39.1. The molecule has 422 valence electrons. The predicted octanol–water partition coefficient (Wildman–Crippen LogP) is 11.1. The van der Waals surface area contributed by atoms with E-state index in [1.807, 2.05) is 42.5 Å². The number of allylic oxidation sites excluding steroid dienone is 5. The Morgan fingerprint density at radius 3 is 1.49 bits per heavy atom. The lowest BCUT2D eigenvalue weighted by atomic mass is 9.90. The van der Waals surface area contributed by atoms with Gasteiger partial charge in [-0.2, -0.15) is 0 Å². The summed E-state index contributed by atoms with van der Waals surface area (Å²) in [6, 6.07) is 53.7. The highest BCUT2D eigenvalue weighted by Crippen LogP contribution is 2.33. The smallest absolute Gasteiger partial charge is 0.456 e. The molecule has 0 bridgehead atoms. The summed E-state index contributed by atoms with van der Waals surface area (Å²) >= 11 is 0.449. The van der Waals surface area contributed by atoms with Gasteiger partial charge in [-0.05, 0) is 172 Å². The molecule has 0 fully saturated rings. The molecule has 7 aromatic carbocycles. The van der Waals surface area contributed by atoms with E-state index in [2.05, 4.69) is 139 Å². The van der Waals surface area contributed by atoms with Crippen molar-refractivity contribution in [2.75, 3.05) is 77.5 Å². The number of carboxylic acids is 1. The van der Waals surface area contributed by atoms with E-state index in [-0.39, 0.29) is 29.6 Å². The average Bonchev–Trinajstić information content (AvgIpc) is 3.64. The number of nitroso groups, excluding NO2 is 1. The Hall–Kier alpha value is -8.37. The zero-order chi connectivity index (χ0) is 58.7. The molecule has 1 aliphatic rings. The molecule has 1 amide bonds. The molecule has 0 aromatic heterocycles. The van der Waals surface area contributed by atoms with E-state index in [0.717, 1.165) is 44.4 Å². The first-order valence-corrected chi connectivity index (χ1v) is 29.0. The van der Waals surface area contributed by atoms with Gasteiger partial charge in [0.2, 0.25) is 5.91 Å². The summed E-state index contributed by atoms with van der Waals surface area (Å²) in [7, 11) is -4.42. The third kappa shape index (κ3) is 19.4. The zero-order valence-corrected chi connectivity index (χ0v) is 49.9. The fourth-order valence-corrected chi connectivity index (χ4v) is 9.61. The van der Waals surface area contributed by atoms with E-state index in [9.17, 15) is 32.6 Å². The van der Waals surface area contributed by atoms with E-state index >= 15 is 0 Å². The maximum Gasteiger partial charge on any atom is 0.456 e. The van der Waals surface area contributed by atoms with E-state index < -0.39 is 16.1 Å². The van der Waals surface area contributed by atoms with Crippen LogP contribution >= 0.6 is 0 Å². The second kappa shape index (κ2) is 32.6. The Balaban J connectivity index is 0.000000217. The Labute approximate surface area is 484 Å². The van der Waals surface area contributed by atoms with E-state index in [1.165, 1.54) is 74.6 Å². The molecular formula is C63H72AlN7O9S. The molecule has 18 heteroatoms. The topological polar surface area (TPSA) is 198 Å². The van der Waals surface area contributed by atoms with E-state index in [4.69, 9.17) is 9.00 Å². The lowest BCUT2D eigenvalue weighted by Crippen LogP contribution is -2.37. The van der Waals surface area contributed by atoms with Crippen molar-refractivity contribution in [3.63, 3.8) is 0 Å². The summed E-state index contributed by atoms with van der Waals surface area (Å²) in [6.07, 6.45) is 9.08. The number of nitrogens with one attached hydrogen (secondary N) is 1. The molecule has 0 saturated heterocycles. The number of carbonyl (C=O) groups is 2. The molecule has 16 nitrogen and oxygen atoms in total. The van der Waals surface area contributed by atoms with Gasteiger partial charge >= 0.3 is 22.6 Å². The number of anilines is 5. The molecule has 0 saturated carbocycles. The highest BCUT2D eigenvalue weighted by atomic mass is 32.2. The van der Waals surface area contributed by atoms with Gasteiger partial charge in [-0.25, -0.2) is 13.0 Å². The monoisotopic (exact) mass is 1130 g/mol. The van der Waals surface area contributed by atoms with Gasteiger partial charge in [-0.15, -0.1) is 10.1 Å². The zero-order valence-electron chi connectivity index (χ0n) is 47.1. The molecule has 8 rings (SSSR count). The second-order valence-corrected chi connectivity index (χ2v) is 19.8. The molecule has 3 N–H and O–H groups in total. The second-order valence-electron chi connectivity index (χ2n) is 18.1. The summed E-state index contributed by atoms with van der Waals surface area (Å²) in [5, 5.41) is 25.8. The van der Waals surface area contributed by atoms with E-state index in [1.54, 1.807) is 54.6 Å². The number of amides is 1. The molecular weight excluding hydrogens is 1060 g/mol. The van der Waals surface area contributed by atoms with Crippen LogP contribution in [0.2, 0.25) is 0 Å². The number of aromatic hydroxyl groups is 1. The lowest BCUT2D eigenvalue weighted by molar-refractivity contribution is -0.519. The van der Waals surface area contributed by atoms with Crippen molar-refractivity contribution in [2.24, 2.45) is 5.29 Å². The van der Waals surface area contributed by atoms with Gasteiger partial charge in [0.25, 0.3) is 0 Å². The third-order valence-electron chi connectivity index (χ3n) is 13.0. The number of fused-ring (bicyclic) bond motifs is 1. The number of phenolic OH excluding ortho intramolecular Hbond substituents is 1. The minimum atomic E-state index is -4.42. The molecule has 0 radical (unpaired) electrons. The Bertz CT molecular complexity index is 3280. The molecule has 1 aliphatic carbocycles. The molecule has 7 aromatic rings. The molecule has 0 atom stereocenters. The maximum absolute atomic E-state index is 12.0. The quantitative estimate of drug-likeness (QED) is 0.0214. The predicted molar refractivity (Wildman–Crippen MR) is 330 cm³/mol. The fraction of sp³-hybridized carbons (Fsp3) is 0.222. The Kier molecular flexibility index (Phi) is 25.6. The van der Waals surface area contributed by atoms with Crippen molar-refractivity contribution < 1.29 is 41.2 Å². The highest BCUT2D eigenvalue weighted by Gasteiger charge is 2.17. The number of benzene rings is 7. The van der Waals surface area contributed by atoms with Crippen molar-refractivity contribution in [1.82, 2.24) is 0 Å². The van der Waals surface area contributed by atoms with Crippen molar-refractivity contribution in [3.8, 4) is 5.75 Å². The van der Waals surface area contributed by atoms with Crippen LogP contribution in [-0.4, -0.2) is 114 Å². The third-order valence-corrected chi connectivity index (χ3v) is 14.2. The van der Waals surface area contributed by atoms with Crippen LogP contribution < -0.4 is 25.2 Å². The number of para-hydroxylation sites is 3. The highest BCUT2D eigenvalue weighted by molar-refractivity contribution is 7.85. The van der Waals surface area contributed by atoms with Crippen LogP contribution in [0.25, 0.3) is 16.3 Å². The van der Waals surface area contributed by atoms with Crippen LogP contribution in [0.3, 0.4) is 0 Å². The summed E-state index contributed by atoms with van der Waals surface area (Å²) < 4.78 is 39.4. The minimum Gasteiger partial charge on any atom is -0.744 e. The van der Waals surface area contributed by atoms with Crippen LogP contribution in [-0.2, 0) is 23.6 Å². The Morgan fingerprint density at radius 2 is 1.05 bits per heavy atom. The SMILES string of the molecule is CCN(CC)c1ccc(C(=C2C=CC(=[N+](CC)CC)C=C2)c2ccc(N(CC)CC)cc2)cc1.O=C(O)CN(CC(=O)Nc1ccccc1)c1ccccc1.O=NN([O][AlH2])c1ccccc1.O=S(=O)([O-])c1ccc2cc(O)ccc2c1. The fourth-order valence-electron chi connectivity index (χ4n) is 8.83. The summed E-state index contributed by atoms with van der Waals surface area (Å²) in [4.78, 5) is 39.1. The number of carbonyl (C=O) groups excluding carboxylic acids is 1. The van der Waals surface area contributed by atoms with Crippen molar-refractivity contribution in [3.05, 3.63) is 222 Å². The number of hydrogen-bond acceptors (Lipinski definition) is 12. The largest absolute Gasteiger partial charge is 0.744 e. The van der Waals surface area contributed by atoms with Gasteiger partial charge < -0.3 is 38.7 Å². The molecule has 0 spiro atoms. The van der Waals surface area contributed by atoms with Gasteiger partial charge in [-0.3, -0.25) is 9.59 Å². The van der Waals surface area contributed by atoms with E-state index in [0.29, 0.717) is 44.5 Å². The standard InChI is InChI=1S/C31H42N3.C16H16N2O3.C10H8O4S.C6H5N2O2.Al.2H/c1-7-32(8-2)28-19-13-25(14-20-28)31(26-15-21-29(22-16-26)33(9-3)10-4)27-17-23-30(24-18-27)34(11-5)12-6;19-15(17-13-7-3-1-4-8-13)11-18(12-16(20)21)14-9-5-2-6-10-14;11-9-3-1-8-6-10(15(12,13)14)4-2-7(8)5-9;9-7-8(10)6-4-2-1-3-5-6;;;/h13-24H,7-12H2,1-6H3;1-10H,11-12H2,(H,17,19)(H,20,21);1-6,11H,(H,12,13,14);1-5H;;;/q+1;;;-1;+1;;/p-1. The molecule has 0 heterocycles. The molecule has 0 unspecified atom stereocenters. The van der Waals surface area contributed by atoms with Gasteiger partial charge in [-0.1, -0.05) is 91.0 Å². The summed E-state index contributed by atoms with van der Waals surface area (Å²) in [6.45, 7) is 19.1. The maximum atomic E-state index is 12.0. The van der Waals surface area contributed by atoms with Gasteiger partial charge in [0.15, 0.2) is 5.71 Å². The number of nitrogens with zero attached hydrogens (tertiary/aromatic N) is 6. The number of carboxylic acid groups (broad SMARTS) is 1. The Morgan fingerprint density at radius 1 is 0.593 bits per heavy atom. The van der Waals surface area contributed by atoms with Crippen molar-refractivity contribution in [1.29, 1.82) is 0 Å². The van der Waals surface area contributed by atoms with Crippen LogP contribution in [0.4, 0.5) is 28.4 Å². The first kappa shape index (κ1) is 63.5. The molecule has 0 aliphatic heterocycles. The first-order valence-electron chi connectivity index (χ1n) is 26.8. The lowest BCUT2D eigenvalue weighted by Gasteiger charge is -2.23. The van der Waals surface area contributed by atoms with Crippen LogP contribution in [0.15, 0.2) is 216 Å². The molecule has 81 heavy (non-hydrogen) atoms. The normalized spacial score (nSPS) is 11.3. The van der Waals surface area contributed by atoms with Gasteiger partial charge in [0, 0.05) is 61.1 Å². The minimum absolute atomic E-state index is 0.0226. The number of aliphatic carboxylic acids is 1. The van der Waals surface area contributed by atoms with Crippen LogP contribution in [0, 0.1) is 4.91 Å². The van der Waals surface area contributed by atoms with Crippen molar-refractivity contribution in [2.45, 2.75) is 46.4 Å². The summed E-state index contributed by atoms with van der Waals surface area (Å²) in [5.74, 6) is -1.14. The van der Waals surface area contributed by atoms with Gasteiger partial charge in [0.1, 0.15) is 35.5 Å². The van der Waals surface area contributed by atoms with Crippen molar-refractivity contribution >= 4 is 89.1 Å².